The first kappa shape index (κ1) is 11.3. The molecule has 0 radical (unpaired) electrons. The van der Waals surface area contributed by atoms with Crippen LogP contribution in [0, 0.1) is 0 Å². The van der Waals surface area contributed by atoms with Crippen LogP contribution in [-0.2, 0) is 0 Å². The van der Waals surface area contributed by atoms with Gasteiger partial charge in [0.15, 0.2) is 5.78 Å². The highest BCUT2D eigenvalue weighted by atomic mass is 79.9. The topological polar surface area (TPSA) is 80.4 Å². The van der Waals surface area contributed by atoms with Crippen LogP contribution in [0.2, 0.25) is 0 Å². The van der Waals surface area contributed by atoms with Crippen molar-refractivity contribution in [2.24, 2.45) is 0 Å². The predicted octanol–water partition coefficient (Wildman–Crippen LogP) is 2.39. The first-order valence-electron chi connectivity index (χ1n) is 4.20. The molecule has 0 atom stereocenters. The maximum absolute atomic E-state index is 11.8. The number of Topliss-reactive ketones (excluding diaryl/α,β-unsaturated/α-hetero) is 1. The lowest BCUT2D eigenvalue weighted by Gasteiger charge is -2.16. The van der Waals surface area contributed by atoms with Crippen molar-refractivity contribution < 1.29 is 14.7 Å². The van der Waals surface area contributed by atoms with Gasteiger partial charge in [0.25, 0.3) is 0 Å². The van der Waals surface area contributed by atoms with Crippen LogP contribution in [0.5, 0.6) is 5.75 Å². The molecule has 16 heavy (non-hydrogen) atoms. The number of carbonyl (C=O) groups excluding carboxylic acids is 2. The number of anilines is 1. The van der Waals surface area contributed by atoms with Gasteiger partial charge in [-0.2, -0.15) is 0 Å². The van der Waals surface area contributed by atoms with E-state index in [1.165, 1.54) is 6.07 Å². The molecule has 0 aliphatic heterocycles. The van der Waals surface area contributed by atoms with Crippen molar-refractivity contribution in [3.05, 3.63) is 32.2 Å². The molecule has 4 nitrogen and oxygen atoms in total. The Kier molecular flexibility index (Phi) is 2.63. The molecule has 0 spiro atoms. The van der Waals surface area contributed by atoms with Gasteiger partial charge in [-0.3, -0.25) is 9.59 Å². The molecule has 1 aromatic rings. The van der Waals surface area contributed by atoms with Crippen molar-refractivity contribution in [1.82, 2.24) is 0 Å². The summed E-state index contributed by atoms with van der Waals surface area (Å²) in [5.41, 5.74) is 5.81. The Morgan fingerprint density at radius 3 is 2.44 bits per heavy atom. The molecule has 82 valence electrons. The van der Waals surface area contributed by atoms with Crippen molar-refractivity contribution in [2.45, 2.75) is 0 Å². The Bertz CT molecular complexity index is 564. The Hall–Kier alpha value is -1.14. The van der Waals surface area contributed by atoms with Crippen LogP contribution in [0.3, 0.4) is 0 Å². The van der Waals surface area contributed by atoms with E-state index in [0.29, 0.717) is 0 Å². The van der Waals surface area contributed by atoms with Crippen molar-refractivity contribution in [2.75, 3.05) is 5.73 Å². The fourth-order valence-electron chi connectivity index (χ4n) is 1.52. The molecule has 2 rings (SSSR count). The third-order valence-electron chi connectivity index (χ3n) is 2.23. The number of phenols is 1. The number of aromatic hydroxyl groups is 1. The third kappa shape index (κ3) is 1.49. The number of allylic oxidation sites excluding steroid dienone is 2. The molecule has 6 heteroatoms. The highest BCUT2D eigenvalue weighted by Crippen LogP contribution is 2.39. The predicted molar refractivity (Wildman–Crippen MR) is 65.9 cm³/mol. The molecule has 0 saturated carbocycles. The lowest BCUT2D eigenvalue weighted by Crippen LogP contribution is -2.17. The fraction of sp³-hybridized carbons (Fsp3) is 0. The largest absolute Gasteiger partial charge is 0.506 e. The molecule has 0 amide bonds. The first-order valence-corrected chi connectivity index (χ1v) is 5.79. The molecule has 0 aromatic heterocycles. The summed E-state index contributed by atoms with van der Waals surface area (Å²) in [4.78, 5) is 23.4. The molecular weight excluding hydrogens is 342 g/mol. The van der Waals surface area contributed by atoms with E-state index in [1.54, 1.807) is 0 Å². The number of fused-ring (bicyclic) bond motifs is 1. The summed E-state index contributed by atoms with van der Waals surface area (Å²) in [6.07, 6.45) is 1.12. The SMILES string of the molecule is Nc1cc(Br)c(O)c2c1C(=O)C(Br)=CC2=O. The second-order valence-corrected chi connectivity index (χ2v) is 4.94. The van der Waals surface area contributed by atoms with Crippen LogP contribution >= 0.6 is 31.9 Å². The van der Waals surface area contributed by atoms with E-state index >= 15 is 0 Å². The molecule has 3 N–H and O–H groups in total. The Morgan fingerprint density at radius 2 is 1.81 bits per heavy atom. The van der Waals surface area contributed by atoms with Gasteiger partial charge in [0.05, 0.1) is 20.1 Å². The summed E-state index contributed by atoms with van der Waals surface area (Å²) in [5, 5.41) is 9.72. The van der Waals surface area contributed by atoms with Crippen molar-refractivity contribution in [3.8, 4) is 5.75 Å². The lowest BCUT2D eigenvalue weighted by molar-refractivity contribution is 0.0990. The maximum Gasteiger partial charge on any atom is 0.203 e. The molecule has 0 unspecified atom stereocenters. The van der Waals surface area contributed by atoms with Gasteiger partial charge in [-0.25, -0.2) is 0 Å². The number of ketones is 2. The summed E-state index contributed by atoms with van der Waals surface area (Å²) in [5.74, 6) is -1.12. The summed E-state index contributed by atoms with van der Waals surface area (Å²) >= 11 is 6.04. The van der Waals surface area contributed by atoms with E-state index < -0.39 is 11.6 Å². The Balaban J connectivity index is 2.87. The summed E-state index contributed by atoms with van der Waals surface area (Å²) in [6, 6.07) is 1.39. The van der Waals surface area contributed by atoms with E-state index in [-0.39, 0.29) is 31.5 Å². The van der Waals surface area contributed by atoms with E-state index in [9.17, 15) is 14.7 Å². The second kappa shape index (κ2) is 3.71. The van der Waals surface area contributed by atoms with Crippen LogP contribution in [-0.4, -0.2) is 16.7 Å². The average Bonchev–Trinajstić information content (AvgIpc) is 2.20. The van der Waals surface area contributed by atoms with Gasteiger partial charge < -0.3 is 10.8 Å². The smallest absolute Gasteiger partial charge is 0.203 e. The standard InChI is InChI=1S/C10H5Br2NO3/c11-3-1-5(13)7-8(10(3)16)6(14)2-4(12)9(7)15/h1-2,16H,13H2. The average molecular weight is 347 g/mol. The Morgan fingerprint density at radius 1 is 1.19 bits per heavy atom. The van der Waals surface area contributed by atoms with Gasteiger partial charge in [-0.05, 0) is 37.9 Å². The van der Waals surface area contributed by atoms with Crippen LogP contribution in [0.25, 0.3) is 0 Å². The molecule has 1 aliphatic rings. The molecule has 0 bridgehead atoms. The van der Waals surface area contributed by atoms with Crippen molar-refractivity contribution >= 4 is 49.1 Å². The van der Waals surface area contributed by atoms with E-state index in [2.05, 4.69) is 31.9 Å². The highest BCUT2D eigenvalue weighted by Gasteiger charge is 2.30. The number of hydrogen-bond donors (Lipinski definition) is 2. The Labute approximate surface area is 107 Å². The fourth-order valence-corrected chi connectivity index (χ4v) is 2.37. The van der Waals surface area contributed by atoms with Crippen LogP contribution < -0.4 is 5.73 Å². The highest BCUT2D eigenvalue weighted by molar-refractivity contribution is 9.12. The van der Waals surface area contributed by atoms with E-state index in [0.717, 1.165) is 6.08 Å². The van der Waals surface area contributed by atoms with Gasteiger partial charge in [0.1, 0.15) is 5.75 Å². The zero-order valence-corrected chi connectivity index (χ0v) is 10.9. The molecular formula is C10H5Br2NO3. The van der Waals surface area contributed by atoms with Gasteiger partial charge in [-0.15, -0.1) is 0 Å². The summed E-state index contributed by atoms with van der Waals surface area (Å²) in [7, 11) is 0. The zero-order valence-electron chi connectivity index (χ0n) is 7.75. The van der Waals surface area contributed by atoms with Gasteiger partial charge in [0, 0.05) is 11.8 Å². The van der Waals surface area contributed by atoms with Gasteiger partial charge in [0.2, 0.25) is 5.78 Å². The third-order valence-corrected chi connectivity index (χ3v) is 3.43. The van der Waals surface area contributed by atoms with Crippen LogP contribution in [0.1, 0.15) is 20.7 Å². The number of hydrogen-bond acceptors (Lipinski definition) is 4. The number of benzene rings is 1. The minimum atomic E-state index is -0.452. The quantitative estimate of drug-likeness (QED) is 0.558. The first-order chi connectivity index (χ1) is 7.43. The summed E-state index contributed by atoms with van der Waals surface area (Å²) in [6.45, 7) is 0. The normalized spacial score (nSPS) is 14.8. The lowest BCUT2D eigenvalue weighted by atomic mass is 9.92. The molecule has 0 saturated heterocycles. The molecule has 0 fully saturated rings. The minimum absolute atomic E-state index is 0.0417. The molecule has 1 aromatic carbocycles. The number of rotatable bonds is 0. The minimum Gasteiger partial charge on any atom is -0.506 e. The maximum atomic E-state index is 11.8. The summed E-state index contributed by atoms with van der Waals surface area (Å²) < 4.78 is 0.426. The number of carbonyl (C=O) groups is 2. The second-order valence-electron chi connectivity index (χ2n) is 3.23. The van der Waals surface area contributed by atoms with Gasteiger partial charge in [-0.1, -0.05) is 0 Å². The number of nitrogen functional groups attached to an aromatic ring is 1. The number of phenolic OH excluding ortho intramolecular Hbond substituents is 1. The van der Waals surface area contributed by atoms with Crippen molar-refractivity contribution in [1.29, 1.82) is 0 Å². The number of nitrogens with two attached hydrogens (primary N) is 1. The monoisotopic (exact) mass is 345 g/mol. The zero-order chi connectivity index (χ0) is 12.0. The van der Waals surface area contributed by atoms with Crippen LogP contribution in [0.4, 0.5) is 5.69 Å². The van der Waals surface area contributed by atoms with Crippen molar-refractivity contribution in [3.63, 3.8) is 0 Å². The van der Waals surface area contributed by atoms with E-state index in [1.807, 2.05) is 0 Å². The van der Waals surface area contributed by atoms with Gasteiger partial charge >= 0.3 is 0 Å². The molecule has 1 aliphatic carbocycles. The van der Waals surface area contributed by atoms with E-state index in [4.69, 9.17) is 5.73 Å². The molecule has 0 heterocycles. The number of halogens is 2. The van der Waals surface area contributed by atoms with Crippen LogP contribution in [0.15, 0.2) is 21.1 Å².